The van der Waals surface area contributed by atoms with Crippen LogP contribution in [-0.2, 0) is 28.5 Å². The molecule has 0 saturated carbocycles. The van der Waals surface area contributed by atoms with Crippen LogP contribution in [0.15, 0.2) is 0 Å². The molecule has 0 amide bonds. The molecule has 0 bridgehead atoms. The van der Waals surface area contributed by atoms with E-state index in [0.29, 0.717) is 18.9 Å². The topological polar surface area (TPSA) is 99.1 Å². The van der Waals surface area contributed by atoms with E-state index >= 15 is 0 Å². The molecule has 1 fully saturated rings. The number of ketones is 1. The van der Waals surface area contributed by atoms with Gasteiger partial charge in [-0.2, -0.15) is 8.42 Å². The van der Waals surface area contributed by atoms with Gasteiger partial charge in [0, 0.05) is 27.8 Å². The summed E-state index contributed by atoms with van der Waals surface area (Å²) >= 11 is 0. The Bertz CT molecular complexity index is 517. The summed E-state index contributed by atoms with van der Waals surface area (Å²) in [6, 6.07) is 0.507. The van der Waals surface area contributed by atoms with E-state index in [-0.39, 0.29) is 18.6 Å². The molecule has 1 N–H and O–H groups in total. The van der Waals surface area contributed by atoms with Gasteiger partial charge in [0.25, 0.3) is 10.1 Å². The average molecular weight is 369 g/mol. The Morgan fingerprint density at radius 3 is 2.22 bits per heavy atom. The molecule has 3 atom stereocenters. The molecule has 1 aliphatic rings. The lowest BCUT2D eigenvalue weighted by Gasteiger charge is -2.54. The minimum absolute atomic E-state index is 0.0976. The van der Waals surface area contributed by atoms with Crippen LogP contribution in [0.5, 0.6) is 0 Å². The third-order valence-corrected chi connectivity index (χ3v) is 11.1. The van der Waals surface area contributed by atoms with Crippen molar-refractivity contribution in [2.24, 2.45) is 5.92 Å². The van der Waals surface area contributed by atoms with Gasteiger partial charge < -0.3 is 13.6 Å². The molecule has 1 aliphatic heterocycles. The van der Waals surface area contributed by atoms with Gasteiger partial charge in [0.05, 0.1) is 5.92 Å². The number of methoxy groups -OCH3 is 1. The lowest BCUT2D eigenvalue weighted by Crippen LogP contribution is -2.75. The lowest BCUT2D eigenvalue weighted by molar-refractivity contribution is -0.134. The van der Waals surface area contributed by atoms with Gasteiger partial charge in [-0.25, -0.2) is 0 Å². The van der Waals surface area contributed by atoms with Crippen molar-refractivity contribution in [2.75, 3.05) is 21.3 Å². The zero-order valence-corrected chi connectivity index (χ0v) is 16.3. The molecule has 1 saturated heterocycles. The van der Waals surface area contributed by atoms with E-state index in [1.54, 1.807) is 13.8 Å². The van der Waals surface area contributed by atoms with Crippen LogP contribution in [0.25, 0.3) is 0 Å². The second kappa shape index (κ2) is 7.71. The lowest BCUT2D eigenvalue weighted by atomic mass is 9.87. The maximum Gasteiger partial charge on any atom is 0.372 e. The van der Waals surface area contributed by atoms with Crippen molar-refractivity contribution in [3.05, 3.63) is 0 Å². The first kappa shape index (κ1) is 20.7. The third kappa shape index (κ3) is 3.27. The molecule has 9 heteroatoms. The Kier molecular flexibility index (Phi) is 6.94. The van der Waals surface area contributed by atoms with Crippen LogP contribution in [0.4, 0.5) is 0 Å². The molecule has 0 aromatic carbocycles. The van der Waals surface area contributed by atoms with Gasteiger partial charge in [-0.1, -0.05) is 20.3 Å². The van der Waals surface area contributed by atoms with Crippen molar-refractivity contribution in [1.82, 2.24) is 0 Å². The summed E-state index contributed by atoms with van der Waals surface area (Å²) in [5.41, 5.74) is 0. The summed E-state index contributed by atoms with van der Waals surface area (Å²) in [7, 11) is -3.40. The maximum absolute atomic E-state index is 12.6. The van der Waals surface area contributed by atoms with Gasteiger partial charge in [0.2, 0.25) is 0 Å². The van der Waals surface area contributed by atoms with Gasteiger partial charge in [-0.15, -0.1) is 0 Å². The van der Waals surface area contributed by atoms with E-state index < -0.39 is 35.1 Å². The number of carbonyl (C=O) groups excluding carboxylic acids is 1. The molecule has 0 radical (unpaired) electrons. The Balaban J connectivity index is 3.71. The highest BCUT2D eigenvalue weighted by atomic mass is 32.2. The molecule has 0 aromatic heterocycles. The zero-order valence-electron chi connectivity index (χ0n) is 14.5. The molecule has 1 heterocycles. The normalized spacial score (nSPS) is 29.2. The summed E-state index contributed by atoms with van der Waals surface area (Å²) in [6.45, 7) is 3.38. The fourth-order valence-corrected chi connectivity index (χ4v) is 10.3. The molecule has 23 heavy (non-hydrogen) atoms. The van der Waals surface area contributed by atoms with E-state index in [1.807, 2.05) is 0 Å². The van der Waals surface area contributed by atoms with Crippen molar-refractivity contribution in [2.45, 2.75) is 56.0 Å². The number of hydrogen-bond acceptors (Lipinski definition) is 6. The van der Waals surface area contributed by atoms with E-state index in [2.05, 4.69) is 0 Å². The van der Waals surface area contributed by atoms with Crippen molar-refractivity contribution >= 4 is 24.5 Å². The van der Waals surface area contributed by atoms with Gasteiger partial charge in [-0.3, -0.25) is 9.35 Å². The van der Waals surface area contributed by atoms with Gasteiger partial charge >= 0.3 is 8.56 Å². The molecule has 1 rings (SSSR count). The van der Waals surface area contributed by atoms with E-state index in [0.717, 1.165) is 0 Å². The van der Waals surface area contributed by atoms with Gasteiger partial charge in [-0.05, 0) is 18.9 Å². The Morgan fingerprint density at radius 2 is 1.87 bits per heavy atom. The van der Waals surface area contributed by atoms with Crippen LogP contribution in [0.3, 0.4) is 0 Å². The Labute approximate surface area is 139 Å². The molecule has 0 aromatic rings. The predicted octanol–water partition coefficient (Wildman–Crippen LogP) is 1.70. The second-order valence-corrected chi connectivity index (χ2v) is 11.0. The van der Waals surface area contributed by atoms with Crippen LogP contribution >= 0.6 is 0 Å². The first-order chi connectivity index (χ1) is 10.7. The summed E-state index contributed by atoms with van der Waals surface area (Å²) < 4.78 is 51.1. The standard InChI is InChI=1S/C14H28O7SSi/c1-6-12(15)11-9-8-10-23(20-4,21-5)14(11,19-3)13(7-2)22(16,17)18/h11,13H,6-10H2,1-5H3,(H,16,17,18). The molecule has 7 nitrogen and oxygen atoms in total. The fraction of sp³-hybridized carbons (Fsp3) is 0.929. The quantitative estimate of drug-likeness (QED) is 0.514. The van der Waals surface area contributed by atoms with E-state index in [9.17, 15) is 17.8 Å². The molecule has 136 valence electrons. The summed E-state index contributed by atoms with van der Waals surface area (Å²) in [5, 5.41) is -2.74. The first-order valence-electron chi connectivity index (χ1n) is 7.85. The van der Waals surface area contributed by atoms with Crippen molar-refractivity contribution < 1.29 is 31.4 Å². The fourth-order valence-electron chi connectivity index (χ4n) is 4.10. The largest absolute Gasteiger partial charge is 0.396 e. The molecular formula is C14H28O7SSi. The highest BCUT2D eigenvalue weighted by Crippen LogP contribution is 2.49. The highest BCUT2D eigenvalue weighted by molar-refractivity contribution is 7.86. The zero-order chi connectivity index (χ0) is 17.9. The number of hydrogen-bond donors (Lipinski definition) is 1. The summed E-state index contributed by atoms with van der Waals surface area (Å²) in [6.07, 6.45) is 1.54. The number of Topliss-reactive ketones (excluding diaryl/α,β-unsaturated/α-hetero) is 1. The minimum Gasteiger partial charge on any atom is -0.396 e. The first-order valence-corrected chi connectivity index (χ1v) is 11.4. The molecule has 0 spiro atoms. The van der Waals surface area contributed by atoms with Crippen LogP contribution < -0.4 is 0 Å². The van der Waals surface area contributed by atoms with Crippen LogP contribution in [0.2, 0.25) is 6.04 Å². The van der Waals surface area contributed by atoms with Crippen molar-refractivity contribution in [1.29, 1.82) is 0 Å². The average Bonchev–Trinajstić information content (AvgIpc) is 2.53. The number of carbonyl (C=O) groups is 1. The Hall–Kier alpha value is -0.323. The summed E-state index contributed by atoms with van der Waals surface area (Å²) in [5.74, 6) is -0.774. The van der Waals surface area contributed by atoms with Crippen LogP contribution in [0.1, 0.15) is 39.5 Å². The van der Waals surface area contributed by atoms with Crippen molar-refractivity contribution in [3.63, 3.8) is 0 Å². The molecular weight excluding hydrogens is 340 g/mol. The predicted molar refractivity (Wildman–Crippen MR) is 88.0 cm³/mol. The smallest absolute Gasteiger partial charge is 0.372 e. The van der Waals surface area contributed by atoms with Gasteiger partial charge in [0.1, 0.15) is 16.3 Å². The highest BCUT2D eigenvalue weighted by Gasteiger charge is 2.70. The summed E-state index contributed by atoms with van der Waals surface area (Å²) in [4.78, 5) is 12.6. The second-order valence-electron chi connectivity index (χ2n) is 5.83. The van der Waals surface area contributed by atoms with E-state index in [1.165, 1.54) is 21.3 Å². The molecule has 3 unspecified atom stereocenters. The molecule has 0 aliphatic carbocycles. The minimum atomic E-state index is -4.45. The van der Waals surface area contributed by atoms with Crippen LogP contribution in [0, 0.1) is 5.92 Å². The SMILES string of the molecule is CCC(=O)C1CCC[Si](OC)(OC)C1(OC)C(CC)S(=O)(=O)O. The van der Waals surface area contributed by atoms with Crippen LogP contribution in [-0.4, -0.2) is 59.1 Å². The van der Waals surface area contributed by atoms with Gasteiger partial charge in [0.15, 0.2) is 0 Å². The monoisotopic (exact) mass is 368 g/mol. The Morgan fingerprint density at radius 1 is 1.30 bits per heavy atom. The maximum atomic E-state index is 12.6. The third-order valence-electron chi connectivity index (χ3n) is 5.05. The van der Waals surface area contributed by atoms with Crippen molar-refractivity contribution in [3.8, 4) is 0 Å². The van der Waals surface area contributed by atoms with E-state index in [4.69, 9.17) is 13.6 Å². The number of rotatable bonds is 8. The number of ether oxygens (including phenoxy) is 1.